The van der Waals surface area contributed by atoms with Gasteiger partial charge < -0.3 is 0 Å². The zero-order chi connectivity index (χ0) is 7.84. The second-order valence-corrected chi connectivity index (χ2v) is 2.58. The van der Waals surface area contributed by atoms with Crippen molar-refractivity contribution in [2.75, 3.05) is 0 Å². The molecule has 1 heterocycles. The maximum Gasteiger partial charge on any atom is 0.134 e. The molecule has 0 saturated carbocycles. The molecule has 56 valence electrons. The predicted molar refractivity (Wildman–Crippen MR) is 40.8 cm³/mol. The number of rotatable bonds is 0. The fourth-order valence-corrected chi connectivity index (χ4v) is 1.14. The van der Waals surface area contributed by atoms with Crippen LogP contribution < -0.4 is 0 Å². The lowest BCUT2D eigenvalue weighted by Crippen LogP contribution is -1.78. The molecular weight excluding hydrogens is 143 g/mol. The van der Waals surface area contributed by atoms with Gasteiger partial charge >= 0.3 is 0 Å². The fraction of sp³-hybridized carbons (Fsp3) is 0.125. The Morgan fingerprint density at radius 3 is 3.09 bits per heavy atom. The molecular formula is C8H7FN2. The fourth-order valence-electron chi connectivity index (χ4n) is 1.14. The van der Waals surface area contributed by atoms with Crippen LogP contribution in [0.1, 0.15) is 5.56 Å². The zero-order valence-electron chi connectivity index (χ0n) is 6.06. The molecule has 3 heteroatoms. The molecule has 2 rings (SSSR count). The normalized spacial score (nSPS) is 10.7. The van der Waals surface area contributed by atoms with Gasteiger partial charge in [0, 0.05) is 0 Å². The second kappa shape index (κ2) is 2.05. The standard InChI is InChI=1S/C8H7FN2/c1-5-2-7(9)6-4-10-11-8(6)3-5/h2-4H,1H3,(H,10,11). The number of hydrogen-bond acceptors (Lipinski definition) is 1. The van der Waals surface area contributed by atoms with E-state index in [4.69, 9.17) is 0 Å². The Labute approximate surface area is 63.0 Å². The van der Waals surface area contributed by atoms with E-state index in [9.17, 15) is 4.39 Å². The van der Waals surface area contributed by atoms with Crippen LogP contribution in [0.2, 0.25) is 0 Å². The molecule has 0 aliphatic heterocycles. The van der Waals surface area contributed by atoms with Crippen molar-refractivity contribution in [2.45, 2.75) is 6.92 Å². The number of nitrogens with one attached hydrogen (secondary N) is 1. The monoisotopic (exact) mass is 150 g/mol. The summed E-state index contributed by atoms with van der Waals surface area (Å²) in [6.45, 7) is 1.85. The minimum atomic E-state index is -0.214. The van der Waals surface area contributed by atoms with Gasteiger partial charge in [0.2, 0.25) is 0 Å². The van der Waals surface area contributed by atoms with Gasteiger partial charge in [-0.25, -0.2) is 4.39 Å². The highest BCUT2D eigenvalue weighted by Gasteiger charge is 2.01. The van der Waals surface area contributed by atoms with Gasteiger partial charge in [-0.15, -0.1) is 0 Å². The highest BCUT2D eigenvalue weighted by Crippen LogP contribution is 2.16. The molecule has 2 nitrogen and oxygen atoms in total. The Balaban J connectivity index is 2.91. The smallest absolute Gasteiger partial charge is 0.134 e. The van der Waals surface area contributed by atoms with Crippen molar-refractivity contribution in [1.29, 1.82) is 0 Å². The van der Waals surface area contributed by atoms with Crippen molar-refractivity contribution < 1.29 is 4.39 Å². The number of aryl methyl sites for hydroxylation is 1. The first kappa shape index (κ1) is 6.34. The van der Waals surface area contributed by atoms with Gasteiger partial charge in [-0.3, -0.25) is 5.10 Å². The lowest BCUT2D eigenvalue weighted by atomic mass is 10.2. The second-order valence-electron chi connectivity index (χ2n) is 2.58. The van der Waals surface area contributed by atoms with Crippen LogP contribution in [-0.2, 0) is 0 Å². The molecule has 0 atom stereocenters. The van der Waals surface area contributed by atoms with Gasteiger partial charge in [-0.05, 0) is 24.6 Å². The third-order valence-corrected chi connectivity index (χ3v) is 1.65. The van der Waals surface area contributed by atoms with E-state index in [1.807, 2.05) is 13.0 Å². The van der Waals surface area contributed by atoms with Crippen LogP contribution in [0.4, 0.5) is 4.39 Å². The SMILES string of the molecule is Cc1cc(F)c2cn[nH]c2c1. The lowest BCUT2D eigenvalue weighted by molar-refractivity contribution is 0.639. The molecule has 0 saturated heterocycles. The van der Waals surface area contributed by atoms with Gasteiger partial charge in [0.1, 0.15) is 5.82 Å². The van der Waals surface area contributed by atoms with E-state index in [2.05, 4.69) is 10.2 Å². The van der Waals surface area contributed by atoms with Gasteiger partial charge in [0.25, 0.3) is 0 Å². The third kappa shape index (κ3) is 0.888. The summed E-state index contributed by atoms with van der Waals surface area (Å²) in [5, 5.41) is 7.00. The van der Waals surface area contributed by atoms with Crippen LogP contribution in [0.25, 0.3) is 10.9 Å². The summed E-state index contributed by atoms with van der Waals surface area (Å²) in [5.74, 6) is -0.214. The lowest BCUT2D eigenvalue weighted by Gasteiger charge is -1.93. The Bertz CT molecular complexity index is 392. The molecule has 0 amide bonds. The van der Waals surface area contributed by atoms with Crippen molar-refractivity contribution in [3.63, 3.8) is 0 Å². The number of nitrogens with zero attached hydrogens (tertiary/aromatic N) is 1. The number of aromatic nitrogens is 2. The minimum Gasteiger partial charge on any atom is -0.278 e. The topological polar surface area (TPSA) is 28.7 Å². The Morgan fingerprint density at radius 1 is 1.45 bits per heavy atom. The van der Waals surface area contributed by atoms with Crippen molar-refractivity contribution in [2.24, 2.45) is 0 Å². The Morgan fingerprint density at radius 2 is 2.27 bits per heavy atom. The molecule has 0 spiro atoms. The highest BCUT2D eigenvalue weighted by molar-refractivity contribution is 5.79. The molecule has 0 aliphatic carbocycles. The molecule has 1 N–H and O–H groups in total. The van der Waals surface area contributed by atoms with Crippen LogP contribution in [0, 0.1) is 12.7 Å². The van der Waals surface area contributed by atoms with Crippen LogP contribution in [0.5, 0.6) is 0 Å². The van der Waals surface area contributed by atoms with E-state index in [1.54, 1.807) is 0 Å². The van der Waals surface area contributed by atoms with Crippen molar-refractivity contribution >= 4 is 10.9 Å². The van der Waals surface area contributed by atoms with Crippen LogP contribution in [0.3, 0.4) is 0 Å². The van der Waals surface area contributed by atoms with Gasteiger partial charge in [0.05, 0.1) is 17.1 Å². The minimum absolute atomic E-state index is 0.214. The average Bonchev–Trinajstić information content (AvgIpc) is 2.34. The zero-order valence-corrected chi connectivity index (χ0v) is 6.06. The van der Waals surface area contributed by atoms with Gasteiger partial charge in [-0.2, -0.15) is 5.10 Å². The molecule has 0 radical (unpaired) electrons. The van der Waals surface area contributed by atoms with Gasteiger partial charge in [-0.1, -0.05) is 0 Å². The maximum atomic E-state index is 13.0. The predicted octanol–water partition coefficient (Wildman–Crippen LogP) is 2.01. The third-order valence-electron chi connectivity index (χ3n) is 1.65. The largest absolute Gasteiger partial charge is 0.278 e. The number of hydrogen-bond donors (Lipinski definition) is 1. The van der Waals surface area contributed by atoms with E-state index in [-0.39, 0.29) is 5.82 Å². The number of halogens is 1. The van der Waals surface area contributed by atoms with E-state index >= 15 is 0 Å². The Kier molecular flexibility index (Phi) is 1.18. The molecule has 0 bridgehead atoms. The van der Waals surface area contributed by atoms with E-state index in [0.29, 0.717) is 5.39 Å². The molecule has 2 aromatic rings. The molecule has 1 aromatic carbocycles. The van der Waals surface area contributed by atoms with Crippen molar-refractivity contribution in [3.8, 4) is 0 Å². The molecule has 0 aliphatic rings. The van der Waals surface area contributed by atoms with E-state index < -0.39 is 0 Å². The number of aromatic amines is 1. The van der Waals surface area contributed by atoms with Crippen LogP contribution >= 0.6 is 0 Å². The molecule has 0 unspecified atom stereocenters. The maximum absolute atomic E-state index is 13.0. The number of H-pyrrole nitrogens is 1. The first-order chi connectivity index (χ1) is 5.27. The van der Waals surface area contributed by atoms with E-state index in [0.717, 1.165) is 11.1 Å². The van der Waals surface area contributed by atoms with Crippen LogP contribution in [0.15, 0.2) is 18.3 Å². The Hall–Kier alpha value is -1.38. The molecule has 11 heavy (non-hydrogen) atoms. The van der Waals surface area contributed by atoms with Gasteiger partial charge in [0.15, 0.2) is 0 Å². The number of fused-ring (bicyclic) bond motifs is 1. The molecule has 1 aromatic heterocycles. The van der Waals surface area contributed by atoms with Crippen molar-refractivity contribution in [3.05, 3.63) is 29.7 Å². The summed E-state index contributed by atoms with van der Waals surface area (Å²) in [4.78, 5) is 0. The van der Waals surface area contributed by atoms with Crippen LogP contribution in [-0.4, -0.2) is 10.2 Å². The summed E-state index contributed by atoms with van der Waals surface area (Å²) < 4.78 is 13.0. The average molecular weight is 150 g/mol. The first-order valence-electron chi connectivity index (χ1n) is 3.36. The number of benzene rings is 1. The summed E-state index contributed by atoms with van der Waals surface area (Å²) >= 11 is 0. The molecule has 0 fully saturated rings. The van der Waals surface area contributed by atoms with Crippen molar-refractivity contribution in [1.82, 2.24) is 10.2 Å². The van der Waals surface area contributed by atoms with E-state index in [1.165, 1.54) is 12.3 Å². The highest BCUT2D eigenvalue weighted by atomic mass is 19.1. The summed E-state index contributed by atoms with van der Waals surface area (Å²) in [5.41, 5.74) is 1.65. The summed E-state index contributed by atoms with van der Waals surface area (Å²) in [6, 6.07) is 3.36. The summed E-state index contributed by atoms with van der Waals surface area (Å²) in [7, 11) is 0. The summed E-state index contributed by atoms with van der Waals surface area (Å²) in [6.07, 6.45) is 1.49. The quantitative estimate of drug-likeness (QED) is 0.611. The first-order valence-corrected chi connectivity index (χ1v) is 3.36.